The van der Waals surface area contributed by atoms with Crippen LogP contribution in [0.3, 0.4) is 0 Å². The highest BCUT2D eigenvalue weighted by atomic mass is 35.5. The summed E-state index contributed by atoms with van der Waals surface area (Å²) in [6, 6.07) is 5.11. The number of likely N-dealkylation sites (tertiary alicyclic amines) is 1. The number of carbonyl (C=O) groups excluding carboxylic acids is 1. The molecular weight excluding hydrogens is 301 g/mol. The monoisotopic (exact) mass is 323 g/mol. The summed E-state index contributed by atoms with van der Waals surface area (Å²) < 4.78 is 13.9. The van der Waals surface area contributed by atoms with Crippen LogP contribution in [0.2, 0.25) is 5.02 Å². The van der Waals surface area contributed by atoms with Crippen molar-refractivity contribution < 1.29 is 9.18 Å². The van der Waals surface area contributed by atoms with E-state index < -0.39 is 0 Å². The fourth-order valence-corrected chi connectivity index (χ4v) is 4.08. The highest BCUT2D eigenvalue weighted by molar-refractivity contribution is 6.31. The Bertz CT molecular complexity index is 534. The third-order valence-electron chi connectivity index (χ3n) is 5.29. The van der Waals surface area contributed by atoms with Gasteiger partial charge in [-0.2, -0.15) is 0 Å². The number of hydrogen-bond acceptors (Lipinski definition) is 1. The Labute approximate surface area is 136 Å². The molecule has 1 saturated heterocycles. The zero-order valence-electron chi connectivity index (χ0n) is 13.0. The second-order valence-electron chi connectivity index (χ2n) is 6.84. The minimum atomic E-state index is -0.301. The van der Waals surface area contributed by atoms with E-state index >= 15 is 0 Å². The smallest absolute Gasteiger partial charge is 0.226 e. The number of nitrogens with zero attached hydrogens (tertiary/aromatic N) is 1. The van der Waals surface area contributed by atoms with Crippen molar-refractivity contribution in [1.29, 1.82) is 0 Å². The van der Waals surface area contributed by atoms with Crippen LogP contribution in [0.25, 0.3) is 0 Å². The van der Waals surface area contributed by atoms with E-state index in [1.807, 2.05) is 4.90 Å². The van der Waals surface area contributed by atoms with Crippen LogP contribution >= 0.6 is 11.6 Å². The highest BCUT2D eigenvalue weighted by Gasteiger charge is 2.37. The first-order chi connectivity index (χ1) is 10.6. The van der Waals surface area contributed by atoms with Gasteiger partial charge >= 0.3 is 0 Å². The first-order valence-corrected chi connectivity index (χ1v) is 8.67. The third kappa shape index (κ3) is 3.15. The molecule has 4 heteroatoms. The van der Waals surface area contributed by atoms with Crippen LogP contribution in [-0.4, -0.2) is 23.4 Å². The molecule has 3 rings (SSSR count). The summed E-state index contributed by atoms with van der Waals surface area (Å²) in [6.45, 7) is 3.10. The molecule has 0 bridgehead atoms. The van der Waals surface area contributed by atoms with Gasteiger partial charge in [0, 0.05) is 29.1 Å². The van der Waals surface area contributed by atoms with E-state index in [-0.39, 0.29) is 17.6 Å². The summed E-state index contributed by atoms with van der Waals surface area (Å²) in [5.41, 5.74) is 0.488. The molecule has 1 aliphatic carbocycles. The van der Waals surface area contributed by atoms with Gasteiger partial charge in [0.05, 0.1) is 0 Å². The van der Waals surface area contributed by atoms with E-state index in [2.05, 4.69) is 6.92 Å². The molecule has 2 nitrogen and oxygen atoms in total. The maximum atomic E-state index is 13.9. The molecule has 0 spiro atoms. The normalized spacial score (nSPS) is 29.1. The van der Waals surface area contributed by atoms with Crippen molar-refractivity contribution >= 4 is 17.5 Å². The van der Waals surface area contributed by atoms with E-state index in [0.717, 1.165) is 31.7 Å². The van der Waals surface area contributed by atoms with Crippen LogP contribution in [0, 0.1) is 17.7 Å². The topological polar surface area (TPSA) is 20.3 Å². The quantitative estimate of drug-likeness (QED) is 0.804. The lowest BCUT2D eigenvalue weighted by Gasteiger charge is -2.33. The fraction of sp³-hybridized carbons (Fsp3) is 0.611. The molecule has 1 unspecified atom stereocenters. The van der Waals surface area contributed by atoms with Gasteiger partial charge in [-0.25, -0.2) is 4.39 Å². The Morgan fingerprint density at radius 2 is 1.95 bits per heavy atom. The predicted molar refractivity (Wildman–Crippen MR) is 86.4 cm³/mol. The van der Waals surface area contributed by atoms with E-state index in [0.29, 0.717) is 23.0 Å². The van der Waals surface area contributed by atoms with Crippen LogP contribution < -0.4 is 0 Å². The third-order valence-corrected chi connectivity index (χ3v) is 5.64. The van der Waals surface area contributed by atoms with Gasteiger partial charge in [-0.15, -0.1) is 0 Å². The highest BCUT2D eigenvalue weighted by Crippen LogP contribution is 2.33. The summed E-state index contributed by atoms with van der Waals surface area (Å²) in [4.78, 5) is 14.7. The lowest BCUT2D eigenvalue weighted by Crippen LogP contribution is -2.40. The minimum Gasteiger partial charge on any atom is -0.339 e. The van der Waals surface area contributed by atoms with Crippen molar-refractivity contribution in [2.24, 2.45) is 11.8 Å². The summed E-state index contributed by atoms with van der Waals surface area (Å²) in [5.74, 6) is 0.555. The summed E-state index contributed by atoms with van der Waals surface area (Å²) in [6.07, 6.45) is 5.87. The number of carbonyl (C=O) groups is 1. The summed E-state index contributed by atoms with van der Waals surface area (Å²) >= 11 is 6.09. The minimum absolute atomic E-state index is 0.117. The van der Waals surface area contributed by atoms with Crippen LogP contribution in [-0.2, 0) is 11.2 Å². The number of amides is 1. The van der Waals surface area contributed by atoms with Gasteiger partial charge in [-0.1, -0.05) is 24.6 Å². The molecule has 1 atom stereocenters. The average molecular weight is 324 g/mol. The fourth-order valence-electron chi connectivity index (χ4n) is 3.84. The number of rotatable bonds is 3. The zero-order valence-corrected chi connectivity index (χ0v) is 13.8. The standard InChI is InChI=1S/C18H23ClFNO/c1-12-5-7-14(8-6-12)21-10-9-13(18(21)22)11-15-16(19)3-2-4-17(15)20/h2-4,12-14H,5-11H2,1H3. The molecule has 1 aromatic rings. The van der Waals surface area contributed by atoms with Crippen LogP contribution in [0.15, 0.2) is 18.2 Å². The van der Waals surface area contributed by atoms with Crippen LogP contribution in [0.4, 0.5) is 4.39 Å². The van der Waals surface area contributed by atoms with Crippen molar-refractivity contribution in [1.82, 2.24) is 4.90 Å². The molecule has 2 fully saturated rings. The second-order valence-corrected chi connectivity index (χ2v) is 7.24. The van der Waals surface area contributed by atoms with E-state index in [9.17, 15) is 9.18 Å². The Hall–Kier alpha value is -1.09. The molecule has 0 radical (unpaired) electrons. The Morgan fingerprint density at radius 1 is 1.23 bits per heavy atom. The molecular formula is C18H23ClFNO. The first kappa shape index (κ1) is 15.8. The second kappa shape index (κ2) is 6.57. The molecule has 1 saturated carbocycles. The van der Waals surface area contributed by atoms with Crippen molar-refractivity contribution in [3.63, 3.8) is 0 Å². The van der Waals surface area contributed by atoms with E-state index in [1.54, 1.807) is 12.1 Å². The Morgan fingerprint density at radius 3 is 2.64 bits per heavy atom. The first-order valence-electron chi connectivity index (χ1n) is 8.29. The van der Waals surface area contributed by atoms with Gasteiger partial charge in [0.2, 0.25) is 5.91 Å². The van der Waals surface area contributed by atoms with Gasteiger partial charge in [0.15, 0.2) is 0 Å². The van der Waals surface area contributed by atoms with Gasteiger partial charge in [0.1, 0.15) is 5.82 Å². The molecule has 22 heavy (non-hydrogen) atoms. The van der Waals surface area contributed by atoms with Gasteiger partial charge in [-0.05, 0) is 56.6 Å². The van der Waals surface area contributed by atoms with E-state index in [4.69, 9.17) is 11.6 Å². The average Bonchev–Trinajstić information content (AvgIpc) is 2.85. The maximum absolute atomic E-state index is 13.9. The zero-order chi connectivity index (χ0) is 15.7. The van der Waals surface area contributed by atoms with E-state index in [1.165, 1.54) is 18.9 Å². The number of hydrogen-bond donors (Lipinski definition) is 0. The molecule has 2 aliphatic rings. The number of benzene rings is 1. The van der Waals surface area contributed by atoms with Crippen molar-refractivity contribution in [2.45, 2.75) is 51.5 Å². The predicted octanol–water partition coefficient (Wildman–Crippen LogP) is 4.45. The molecule has 0 N–H and O–H groups in total. The Kier molecular flexibility index (Phi) is 4.72. The summed E-state index contributed by atoms with van der Waals surface area (Å²) in [5, 5.41) is 0.428. The molecule has 120 valence electrons. The van der Waals surface area contributed by atoms with Crippen molar-refractivity contribution in [3.8, 4) is 0 Å². The van der Waals surface area contributed by atoms with Crippen molar-refractivity contribution in [3.05, 3.63) is 34.6 Å². The maximum Gasteiger partial charge on any atom is 0.226 e. The van der Waals surface area contributed by atoms with Crippen LogP contribution in [0.1, 0.15) is 44.6 Å². The SMILES string of the molecule is CC1CCC(N2CCC(Cc3c(F)cccc3Cl)C2=O)CC1. The number of halogens is 2. The summed E-state index contributed by atoms with van der Waals surface area (Å²) in [7, 11) is 0. The molecule has 1 amide bonds. The molecule has 1 aromatic carbocycles. The lowest BCUT2D eigenvalue weighted by molar-refractivity contribution is -0.133. The largest absolute Gasteiger partial charge is 0.339 e. The lowest BCUT2D eigenvalue weighted by atomic mass is 9.86. The molecule has 1 aliphatic heterocycles. The Balaban J connectivity index is 1.66. The van der Waals surface area contributed by atoms with Crippen molar-refractivity contribution in [2.75, 3.05) is 6.54 Å². The van der Waals surface area contributed by atoms with Gasteiger partial charge in [0.25, 0.3) is 0 Å². The van der Waals surface area contributed by atoms with Crippen LogP contribution in [0.5, 0.6) is 0 Å². The van der Waals surface area contributed by atoms with Gasteiger partial charge in [-0.3, -0.25) is 4.79 Å². The molecule has 1 heterocycles. The molecule has 0 aromatic heterocycles. The van der Waals surface area contributed by atoms with Gasteiger partial charge < -0.3 is 4.90 Å².